The highest BCUT2D eigenvalue weighted by atomic mass is 35.5. The summed E-state index contributed by atoms with van der Waals surface area (Å²) in [7, 11) is 0. The lowest BCUT2D eigenvalue weighted by Crippen LogP contribution is -2.31. The first kappa shape index (κ1) is 16.8. The number of aryl methyl sites for hydroxylation is 2. The van der Waals surface area contributed by atoms with Crippen LogP contribution < -0.4 is 0 Å². The van der Waals surface area contributed by atoms with E-state index in [-0.39, 0.29) is 11.9 Å². The summed E-state index contributed by atoms with van der Waals surface area (Å²) >= 11 is 6.02. The topological polar surface area (TPSA) is 72.4 Å². The number of likely N-dealkylation sites (tertiary alicyclic amines) is 1. The molecule has 1 fully saturated rings. The molecule has 0 radical (unpaired) electrons. The van der Waals surface area contributed by atoms with Crippen molar-refractivity contribution in [3.8, 4) is 11.3 Å². The smallest absolute Gasteiger partial charge is 0.276 e. The van der Waals surface area contributed by atoms with E-state index in [9.17, 15) is 4.79 Å². The van der Waals surface area contributed by atoms with E-state index in [2.05, 4.69) is 10.3 Å². The third-order valence-electron chi connectivity index (χ3n) is 4.77. The average Bonchev–Trinajstić information content (AvgIpc) is 3.34. The predicted octanol–water partition coefficient (Wildman–Crippen LogP) is 4.58. The molecule has 1 aliphatic rings. The molecule has 1 atom stereocenters. The summed E-state index contributed by atoms with van der Waals surface area (Å²) in [6, 6.07) is 8.88. The number of nitrogens with zero attached hydrogens (tertiary/aromatic N) is 3. The number of carbonyl (C=O) groups is 1. The molecule has 3 aromatic rings. The second kappa shape index (κ2) is 6.61. The zero-order chi connectivity index (χ0) is 18.3. The molecular formula is C19H18ClN3O3. The van der Waals surface area contributed by atoms with Crippen LogP contribution in [0.2, 0.25) is 5.02 Å². The monoisotopic (exact) mass is 371 g/mol. The zero-order valence-electron chi connectivity index (χ0n) is 14.5. The maximum absolute atomic E-state index is 13.0. The molecule has 0 aliphatic carbocycles. The quantitative estimate of drug-likeness (QED) is 0.673. The van der Waals surface area contributed by atoms with E-state index in [1.54, 1.807) is 18.2 Å². The van der Waals surface area contributed by atoms with Gasteiger partial charge in [-0.05, 0) is 38.8 Å². The highest BCUT2D eigenvalue weighted by Crippen LogP contribution is 2.36. The lowest BCUT2D eigenvalue weighted by molar-refractivity contribution is 0.0724. The van der Waals surface area contributed by atoms with E-state index in [1.165, 1.54) is 0 Å². The number of rotatable bonds is 3. The zero-order valence-corrected chi connectivity index (χ0v) is 15.3. The molecule has 1 saturated heterocycles. The molecule has 0 bridgehead atoms. The standard InChI is InChI=1S/C19H18ClN3O3/c1-11-18(12(2)25-21-11)16-7-4-8-23(16)19(24)15-10-17(26-22-15)13-5-3-6-14(20)9-13/h3,5-6,9-10,16H,4,7-8H2,1-2H3/t16-/m1/s1. The van der Waals surface area contributed by atoms with Crippen LogP contribution in [0.4, 0.5) is 0 Å². The predicted molar refractivity (Wildman–Crippen MR) is 95.9 cm³/mol. The minimum atomic E-state index is -0.149. The van der Waals surface area contributed by atoms with Crippen molar-refractivity contribution in [1.29, 1.82) is 0 Å². The molecule has 2 aromatic heterocycles. The van der Waals surface area contributed by atoms with Crippen LogP contribution in [-0.2, 0) is 0 Å². The molecule has 0 N–H and O–H groups in total. The molecule has 6 nitrogen and oxygen atoms in total. The summed E-state index contributed by atoms with van der Waals surface area (Å²) in [6.07, 6.45) is 1.81. The third kappa shape index (κ3) is 2.90. The number of hydrogen-bond donors (Lipinski definition) is 0. The summed E-state index contributed by atoms with van der Waals surface area (Å²) < 4.78 is 10.7. The first-order valence-corrected chi connectivity index (χ1v) is 8.89. The van der Waals surface area contributed by atoms with Gasteiger partial charge in [0, 0.05) is 28.8 Å². The van der Waals surface area contributed by atoms with E-state index in [0.717, 1.165) is 35.4 Å². The molecule has 4 rings (SSSR count). The van der Waals surface area contributed by atoms with Crippen molar-refractivity contribution in [3.63, 3.8) is 0 Å². The molecule has 1 aliphatic heterocycles. The Labute approximate surface area is 155 Å². The van der Waals surface area contributed by atoms with Crippen LogP contribution in [0, 0.1) is 13.8 Å². The molecule has 0 spiro atoms. The second-order valence-electron chi connectivity index (χ2n) is 6.48. The van der Waals surface area contributed by atoms with E-state index < -0.39 is 0 Å². The molecule has 1 aromatic carbocycles. The van der Waals surface area contributed by atoms with Gasteiger partial charge >= 0.3 is 0 Å². The van der Waals surface area contributed by atoms with Crippen LogP contribution >= 0.6 is 11.6 Å². The Morgan fingerprint density at radius 2 is 2.08 bits per heavy atom. The van der Waals surface area contributed by atoms with Gasteiger partial charge in [-0.2, -0.15) is 0 Å². The van der Waals surface area contributed by atoms with Crippen LogP contribution in [0.1, 0.15) is 46.4 Å². The number of amides is 1. The van der Waals surface area contributed by atoms with Gasteiger partial charge in [-0.25, -0.2) is 0 Å². The second-order valence-corrected chi connectivity index (χ2v) is 6.92. The van der Waals surface area contributed by atoms with Gasteiger partial charge in [0.1, 0.15) is 5.76 Å². The summed E-state index contributed by atoms with van der Waals surface area (Å²) in [5.41, 5.74) is 2.90. The Hall–Kier alpha value is -2.60. The normalized spacial score (nSPS) is 17.0. The maximum atomic E-state index is 13.0. The number of benzene rings is 1. The highest BCUT2D eigenvalue weighted by Gasteiger charge is 2.35. The van der Waals surface area contributed by atoms with Gasteiger partial charge in [0.25, 0.3) is 5.91 Å². The average molecular weight is 372 g/mol. The first-order chi connectivity index (χ1) is 12.5. The van der Waals surface area contributed by atoms with Crippen molar-refractivity contribution in [3.05, 3.63) is 58.1 Å². The SMILES string of the molecule is Cc1noc(C)c1[C@H]1CCCN1C(=O)c1cc(-c2cccc(Cl)c2)on1. The van der Waals surface area contributed by atoms with Crippen LogP contribution in [0.15, 0.2) is 39.4 Å². The lowest BCUT2D eigenvalue weighted by Gasteiger charge is -2.23. The summed E-state index contributed by atoms with van der Waals surface area (Å²) in [6.45, 7) is 4.46. The largest absolute Gasteiger partial charge is 0.361 e. The van der Waals surface area contributed by atoms with Gasteiger partial charge in [0.2, 0.25) is 0 Å². The molecule has 0 saturated carbocycles. The van der Waals surface area contributed by atoms with E-state index >= 15 is 0 Å². The fourth-order valence-corrected chi connectivity index (χ4v) is 3.77. The van der Waals surface area contributed by atoms with E-state index in [1.807, 2.05) is 30.9 Å². The van der Waals surface area contributed by atoms with Crippen LogP contribution in [0.3, 0.4) is 0 Å². The molecular weight excluding hydrogens is 354 g/mol. The van der Waals surface area contributed by atoms with Crippen LogP contribution in [0.25, 0.3) is 11.3 Å². The van der Waals surface area contributed by atoms with Crippen molar-refractivity contribution in [2.45, 2.75) is 32.7 Å². The van der Waals surface area contributed by atoms with Crippen molar-refractivity contribution in [2.24, 2.45) is 0 Å². The number of carbonyl (C=O) groups excluding carboxylic acids is 1. The molecule has 7 heteroatoms. The Balaban J connectivity index is 1.61. The summed E-state index contributed by atoms with van der Waals surface area (Å²) in [5, 5.41) is 8.60. The third-order valence-corrected chi connectivity index (χ3v) is 5.01. The van der Waals surface area contributed by atoms with Crippen molar-refractivity contribution < 1.29 is 13.8 Å². The minimum absolute atomic E-state index is 0.0416. The fraction of sp³-hybridized carbons (Fsp3) is 0.316. The van der Waals surface area contributed by atoms with Crippen LogP contribution in [-0.4, -0.2) is 27.7 Å². The Bertz CT molecular complexity index is 943. The van der Waals surface area contributed by atoms with E-state index in [0.29, 0.717) is 23.0 Å². The number of hydrogen-bond acceptors (Lipinski definition) is 5. The van der Waals surface area contributed by atoms with Crippen molar-refractivity contribution in [1.82, 2.24) is 15.2 Å². The first-order valence-electron chi connectivity index (χ1n) is 8.51. The lowest BCUT2D eigenvalue weighted by atomic mass is 10.0. The number of halogens is 1. The molecule has 1 amide bonds. The summed E-state index contributed by atoms with van der Waals surface area (Å²) in [4.78, 5) is 14.8. The highest BCUT2D eigenvalue weighted by molar-refractivity contribution is 6.30. The van der Waals surface area contributed by atoms with Gasteiger partial charge < -0.3 is 13.9 Å². The summed E-state index contributed by atoms with van der Waals surface area (Å²) in [5.74, 6) is 1.13. The fourth-order valence-electron chi connectivity index (χ4n) is 3.58. The van der Waals surface area contributed by atoms with Gasteiger partial charge in [0.15, 0.2) is 11.5 Å². The van der Waals surface area contributed by atoms with Gasteiger partial charge in [-0.1, -0.05) is 34.0 Å². The van der Waals surface area contributed by atoms with Gasteiger partial charge in [-0.15, -0.1) is 0 Å². The molecule has 3 heterocycles. The van der Waals surface area contributed by atoms with Crippen molar-refractivity contribution >= 4 is 17.5 Å². The Morgan fingerprint density at radius 3 is 2.81 bits per heavy atom. The molecule has 26 heavy (non-hydrogen) atoms. The van der Waals surface area contributed by atoms with Gasteiger partial charge in [0.05, 0.1) is 11.7 Å². The molecule has 134 valence electrons. The molecule has 0 unspecified atom stereocenters. The Kier molecular flexibility index (Phi) is 4.28. The number of aromatic nitrogens is 2. The maximum Gasteiger partial charge on any atom is 0.276 e. The van der Waals surface area contributed by atoms with E-state index in [4.69, 9.17) is 20.6 Å². The van der Waals surface area contributed by atoms with Gasteiger partial charge in [-0.3, -0.25) is 4.79 Å². The minimum Gasteiger partial charge on any atom is -0.361 e. The van der Waals surface area contributed by atoms with Crippen LogP contribution in [0.5, 0.6) is 0 Å². The van der Waals surface area contributed by atoms with Crippen molar-refractivity contribution in [2.75, 3.05) is 6.54 Å². The Morgan fingerprint density at radius 1 is 1.23 bits per heavy atom.